The van der Waals surface area contributed by atoms with Crippen molar-refractivity contribution in [1.29, 1.82) is 0 Å². The Morgan fingerprint density at radius 2 is 2.15 bits per heavy atom. The van der Waals surface area contributed by atoms with Gasteiger partial charge >= 0.3 is 5.97 Å². The van der Waals surface area contributed by atoms with E-state index in [1.165, 1.54) is 0 Å². The predicted molar refractivity (Wildman–Crippen MR) is 69.0 cm³/mol. The van der Waals surface area contributed by atoms with Crippen LogP contribution in [0.15, 0.2) is 28.8 Å². The molecule has 1 aromatic carbocycles. The number of benzene rings is 1. The van der Waals surface area contributed by atoms with Gasteiger partial charge in [0.25, 0.3) is 0 Å². The van der Waals surface area contributed by atoms with Crippen molar-refractivity contribution in [2.75, 3.05) is 13.2 Å². The summed E-state index contributed by atoms with van der Waals surface area (Å²) in [6.45, 7) is 2.80. The summed E-state index contributed by atoms with van der Waals surface area (Å²) in [5.74, 6) is 1.13. The second-order valence-electron chi connectivity index (χ2n) is 4.64. The highest BCUT2D eigenvalue weighted by atomic mass is 16.5. The molecule has 1 aliphatic heterocycles. The molecule has 1 fully saturated rings. The van der Waals surface area contributed by atoms with Gasteiger partial charge in [-0.15, -0.1) is 0 Å². The highest BCUT2D eigenvalue weighted by Crippen LogP contribution is 2.22. The quantitative estimate of drug-likeness (QED) is 0.629. The summed E-state index contributed by atoms with van der Waals surface area (Å²) in [6, 6.07) is 7.01. The lowest BCUT2D eigenvalue weighted by Gasteiger charge is -2.08. The standard InChI is InChI=1S/C14H14N2O4/c1-9-15-13(16-20-9)10-2-4-12(5-3-10)19-14(17)11-6-7-18-8-11/h2-5,11H,6-8H2,1H3. The SMILES string of the molecule is Cc1nc(-c2ccc(OC(=O)C3CCOC3)cc2)no1. The molecule has 1 saturated heterocycles. The summed E-state index contributed by atoms with van der Waals surface area (Å²) < 4.78 is 15.4. The number of hydrogen-bond donors (Lipinski definition) is 0. The van der Waals surface area contributed by atoms with Crippen LogP contribution in [0.4, 0.5) is 0 Å². The maximum atomic E-state index is 11.8. The molecule has 1 unspecified atom stereocenters. The minimum absolute atomic E-state index is 0.158. The van der Waals surface area contributed by atoms with Crippen LogP contribution in [0.3, 0.4) is 0 Å². The van der Waals surface area contributed by atoms with Gasteiger partial charge in [-0.1, -0.05) is 5.16 Å². The number of aryl methyl sites for hydroxylation is 1. The molecular formula is C14H14N2O4. The third-order valence-corrected chi connectivity index (χ3v) is 3.12. The average molecular weight is 274 g/mol. The van der Waals surface area contributed by atoms with Crippen molar-refractivity contribution in [3.8, 4) is 17.1 Å². The molecule has 1 aliphatic rings. The van der Waals surface area contributed by atoms with E-state index in [1.807, 2.05) is 0 Å². The van der Waals surface area contributed by atoms with Gasteiger partial charge < -0.3 is 14.0 Å². The molecular weight excluding hydrogens is 260 g/mol. The summed E-state index contributed by atoms with van der Waals surface area (Å²) in [6.07, 6.45) is 0.721. The van der Waals surface area contributed by atoms with Gasteiger partial charge in [-0.25, -0.2) is 0 Å². The lowest BCUT2D eigenvalue weighted by atomic mass is 10.1. The van der Waals surface area contributed by atoms with Crippen LogP contribution in [0.1, 0.15) is 12.3 Å². The molecule has 20 heavy (non-hydrogen) atoms. The summed E-state index contributed by atoms with van der Waals surface area (Å²) in [4.78, 5) is 16.0. The Kier molecular flexibility index (Phi) is 3.47. The molecule has 3 rings (SSSR count). The van der Waals surface area contributed by atoms with Crippen molar-refractivity contribution in [3.05, 3.63) is 30.2 Å². The van der Waals surface area contributed by atoms with Crippen LogP contribution in [0.2, 0.25) is 0 Å². The van der Waals surface area contributed by atoms with Crippen LogP contribution in [-0.4, -0.2) is 29.3 Å². The van der Waals surface area contributed by atoms with Crippen LogP contribution in [0, 0.1) is 12.8 Å². The first kappa shape index (κ1) is 12.8. The molecule has 6 heteroatoms. The zero-order chi connectivity index (χ0) is 13.9. The number of esters is 1. The highest BCUT2D eigenvalue weighted by molar-refractivity contribution is 5.75. The van der Waals surface area contributed by atoms with E-state index in [9.17, 15) is 4.79 Å². The van der Waals surface area contributed by atoms with Crippen LogP contribution in [0.5, 0.6) is 5.75 Å². The average Bonchev–Trinajstić information content (AvgIpc) is 3.10. The lowest BCUT2D eigenvalue weighted by molar-refractivity contribution is -0.138. The molecule has 104 valence electrons. The minimum atomic E-state index is -0.245. The first-order valence-corrected chi connectivity index (χ1v) is 6.42. The smallest absolute Gasteiger partial charge is 0.316 e. The Balaban J connectivity index is 1.68. The Morgan fingerprint density at radius 3 is 2.75 bits per heavy atom. The maximum absolute atomic E-state index is 11.8. The normalized spacial score (nSPS) is 18.1. The van der Waals surface area contributed by atoms with E-state index in [1.54, 1.807) is 31.2 Å². The van der Waals surface area contributed by atoms with Gasteiger partial charge in [0.1, 0.15) is 5.75 Å². The van der Waals surface area contributed by atoms with Crippen LogP contribution < -0.4 is 4.74 Å². The van der Waals surface area contributed by atoms with Crippen molar-refractivity contribution >= 4 is 5.97 Å². The zero-order valence-electron chi connectivity index (χ0n) is 11.0. The monoisotopic (exact) mass is 274 g/mol. The number of nitrogens with zero attached hydrogens (tertiary/aromatic N) is 2. The molecule has 0 spiro atoms. The number of carbonyl (C=O) groups excluding carboxylic acids is 1. The molecule has 0 amide bonds. The van der Waals surface area contributed by atoms with Gasteiger partial charge in [-0.3, -0.25) is 4.79 Å². The molecule has 0 bridgehead atoms. The van der Waals surface area contributed by atoms with Gasteiger partial charge in [0.15, 0.2) is 0 Å². The Hall–Kier alpha value is -2.21. The van der Waals surface area contributed by atoms with Crippen molar-refractivity contribution in [1.82, 2.24) is 10.1 Å². The molecule has 1 atom stereocenters. The van der Waals surface area contributed by atoms with Gasteiger partial charge in [0, 0.05) is 19.1 Å². The molecule has 6 nitrogen and oxygen atoms in total. The number of hydrogen-bond acceptors (Lipinski definition) is 6. The third kappa shape index (κ3) is 2.70. The van der Waals surface area contributed by atoms with Crippen molar-refractivity contribution in [2.45, 2.75) is 13.3 Å². The Labute approximate surface area is 115 Å². The number of rotatable bonds is 3. The Morgan fingerprint density at radius 1 is 1.35 bits per heavy atom. The topological polar surface area (TPSA) is 74.5 Å². The first-order valence-electron chi connectivity index (χ1n) is 6.42. The fourth-order valence-electron chi connectivity index (χ4n) is 2.01. The van der Waals surface area contributed by atoms with E-state index in [0.717, 1.165) is 12.0 Å². The molecule has 2 heterocycles. The summed E-state index contributed by atoms with van der Waals surface area (Å²) in [7, 11) is 0. The van der Waals surface area contributed by atoms with E-state index in [-0.39, 0.29) is 11.9 Å². The van der Waals surface area contributed by atoms with Crippen molar-refractivity contribution in [2.24, 2.45) is 5.92 Å². The molecule has 2 aromatic rings. The van der Waals surface area contributed by atoms with E-state index in [4.69, 9.17) is 14.0 Å². The van der Waals surface area contributed by atoms with E-state index in [2.05, 4.69) is 10.1 Å². The largest absolute Gasteiger partial charge is 0.426 e. The highest BCUT2D eigenvalue weighted by Gasteiger charge is 2.25. The van der Waals surface area contributed by atoms with E-state index >= 15 is 0 Å². The number of aromatic nitrogens is 2. The molecule has 0 saturated carbocycles. The molecule has 0 aliphatic carbocycles. The zero-order valence-corrected chi connectivity index (χ0v) is 11.0. The summed E-state index contributed by atoms with van der Waals surface area (Å²) >= 11 is 0. The fourth-order valence-corrected chi connectivity index (χ4v) is 2.01. The first-order chi connectivity index (χ1) is 9.72. The van der Waals surface area contributed by atoms with Crippen LogP contribution >= 0.6 is 0 Å². The van der Waals surface area contributed by atoms with Crippen molar-refractivity contribution in [3.63, 3.8) is 0 Å². The van der Waals surface area contributed by atoms with Gasteiger partial charge in [0.2, 0.25) is 11.7 Å². The summed E-state index contributed by atoms with van der Waals surface area (Å²) in [5, 5.41) is 3.83. The third-order valence-electron chi connectivity index (χ3n) is 3.12. The van der Waals surface area contributed by atoms with Gasteiger partial charge in [-0.2, -0.15) is 4.98 Å². The number of carbonyl (C=O) groups is 1. The molecule has 0 N–H and O–H groups in total. The maximum Gasteiger partial charge on any atom is 0.316 e. The Bertz CT molecular complexity index is 600. The second kappa shape index (κ2) is 5.42. The second-order valence-corrected chi connectivity index (χ2v) is 4.64. The van der Waals surface area contributed by atoms with Crippen LogP contribution in [-0.2, 0) is 9.53 Å². The van der Waals surface area contributed by atoms with Gasteiger partial charge in [0.05, 0.1) is 12.5 Å². The summed E-state index contributed by atoms with van der Waals surface area (Å²) in [5.41, 5.74) is 0.811. The predicted octanol–water partition coefficient (Wildman–Crippen LogP) is 1.99. The van der Waals surface area contributed by atoms with Gasteiger partial charge in [-0.05, 0) is 30.7 Å². The molecule has 1 aromatic heterocycles. The van der Waals surface area contributed by atoms with E-state index < -0.39 is 0 Å². The lowest BCUT2D eigenvalue weighted by Crippen LogP contribution is -2.20. The number of ether oxygens (including phenoxy) is 2. The van der Waals surface area contributed by atoms with E-state index in [0.29, 0.717) is 30.7 Å². The van der Waals surface area contributed by atoms with Crippen LogP contribution in [0.25, 0.3) is 11.4 Å². The van der Waals surface area contributed by atoms with Crippen molar-refractivity contribution < 1.29 is 18.8 Å². The molecule has 0 radical (unpaired) electrons. The minimum Gasteiger partial charge on any atom is -0.426 e. The fraction of sp³-hybridized carbons (Fsp3) is 0.357.